The number of hydrogen-bond donors (Lipinski definition) is 1. The summed E-state index contributed by atoms with van der Waals surface area (Å²) in [5, 5.41) is 2.61. The third kappa shape index (κ3) is 2.27. The first-order valence-corrected chi connectivity index (χ1v) is 5.30. The zero-order valence-electron chi connectivity index (χ0n) is 8.40. The highest BCUT2D eigenvalue weighted by atomic mass is 79.9. The molecule has 0 aliphatic rings. The molecule has 0 bridgehead atoms. The maximum atomic E-state index is 11.7. The summed E-state index contributed by atoms with van der Waals surface area (Å²) in [5.74, 6) is 0.289. The van der Waals surface area contributed by atoms with Gasteiger partial charge in [0.2, 0.25) is 5.76 Å². The van der Waals surface area contributed by atoms with E-state index in [2.05, 4.69) is 31.2 Å². The Morgan fingerprint density at radius 1 is 1.50 bits per heavy atom. The number of hydrogen-bond acceptors (Lipinski definition) is 4. The van der Waals surface area contributed by atoms with Crippen molar-refractivity contribution in [2.45, 2.75) is 6.92 Å². The Hall–Kier alpha value is -1.69. The third-order valence-corrected chi connectivity index (χ3v) is 2.35. The van der Waals surface area contributed by atoms with Gasteiger partial charge in [-0.3, -0.25) is 4.79 Å². The molecule has 2 aromatic rings. The highest BCUT2D eigenvalue weighted by Gasteiger charge is 2.14. The van der Waals surface area contributed by atoms with Crippen molar-refractivity contribution in [2.24, 2.45) is 0 Å². The highest BCUT2D eigenvalue weighted by Crippen LogP contribution is 2.12. The molecular weight excluding hydrogens is 274 g/mol. The van der Waals surface area contributed by atoms with E-state index >= 15 is 0 Å². The van der Waals surface area contributed by atoms with Crippen LogP contribution in [-0.4, -0.2) is 15.9 Å². The molecule has 0 aliphatic carbocycles. The van der Waals surface area contributed by atoms with Gasteiger partial charge in [-0.2, -0.15) is 0 Å². The largest absolute Gasteiger partial charge is 0.438 e. The molecule has 0 saturated carbocycles. The van der Waals surface area contributed by atoms with Crippen molar-refractivity contribution in [3.63, 3.8) is 0 Å². The Morgan fingerprint density at radius 2 is 2.31 bits per heavy atom. The first-order chi connectivity index (χ1) is 7.66. The lowest BCUT2D eigenvalue weighted by Gasteiger charge is -2.02. The van der Waals surface area contributed by atoms with E-state index in [1.165, 1.54) is 6.39 Å². The van der Waals surface area contributed by atoms with Crippen molar-refractivity contribution >= 4 is 27.7 Å². The van der Waals surface area contributed by atoms with Crippen LogP contribution >= 0.6 is 15.9 Å². The second-order valence-corrected chi connectivity index (χ2v) is 3.88. The van der Waals surface area contributed by atoms with Crippen molar-refractivity contribution < 1.29 is 9.21 Å². The van der Waals surface area contributed by atoms with Crippen LogP contribution in [0.2, 0.25) is 0 Å². The molecule has 0 radical (unpaired) electrons. The number of carbonyl (C=O) groups is 1. The van der Waals surface area contributed by atoms with Crippen molar-refractivity contribution in [1.29, 1.82) is 0 Å². The van der Waals surface area contributed by atoms with Crippen molar-refractivity contribution in [3.05, 3.63) is 40.7 Å². The number of halogens is 1. The van der Waals surface area contributed by atoms with Crippen LogP contribution in [0.5, 0.6) is 0 Å². The number of anilines is 1. The molecule has 2 heterocycles. The van der Waals surface area contributed by atoms with Gasteiger partial charge in [0, 0.05) is 0 Å². The minimum Gasteiger partial charge on any atom is -0.438 e. The van der Waals surface area contributed by atoms with Gasteiger partial charge < -0.3 is 9.73 Å². The summed E-state index contributed by atoms with van der Waals surface area (Å²) in [7, 11) is 0. The van der Waals surface area contributed by atoms with E-state index < -0.39 is 0 Å². The number of aromatic nitrogens is 2. The van der Waals surface area contributed by atoms with Gasteiger partial charge in [-0.25, -0.2) is 9.97 Å². The van der Waals surface area contributed by atoms with Crippen LogP contribution in [0, 0.1) is 6.92 Å². The number of nitrogens with one attached hydrogen (secondary N) is 1. The topological polar surface area (TPSA) is 68.0 Å². The summed E-state index contributed by atoms with van der Waals surface area (Å²) < 4.78 is 5.62. The zero-order chi connectivity index (χ0) is 11.5. The fourth-order valence-corrected chi connectivity index (χ4v) is 1.51. The standard InChI is InChI=1S/C10H8BrN3O2/c1-6-9(16-5-12-6)10(15)14-8-4-2-3-7(11)13-8/h2-5H,1H3,(H,13,14,15). The van der Waals surface area contributed by atoms with E-state index in [0.29, 0.717) is 16.1 Å². The van der Waals surface area contributed by atoms with Gasteiger partial charge in [-0.1, -0.05) is 6.07 Å². The van der Waals surface area contributed by atoms with Crippen molar-refractivity contribution in [1.82, 2.24) is 9.97 Å². The van der Waals surface area contributed by atoms with Gasteiger partial charge in [0.05, 0.1) is 5.69 Å². The number of aryl methyl sites for hydroxylation is 1. The average molecular weight is 282 g/mol. The van der Waals surface area contributed by atoms with E-state index in [0.717, 1.165) is 0 Å². The first-order valence-electron chi connectivity index (χ1n) is 4.51. The monoisotopic (exact) mass is 281 g/mol. The molecule has 6 heteroatoms. The maximum absolute atomic E-state index is 11.7. The van der Waals surface area contributed by atoms with Crippen LogP contribution in [0.1, 0.15) is 16.2 Å². The predicted octanol–water partition coefficient (Wildman–Crippen LogP) is 2.39. The van der Waals surface area contributed by atoms with Gasteiger partial charge in [-0.05, 0) is 35.0 Å². The molecule has 5 nitrogen and oxygen atoms in total. The maximum Gasteiger partial charge on any atom is 0.294 e. The highest BCUT2D eigenvalue weighted by molar-refractivity contribution is 9.10. The van der Waals surface area contributed by atoms with Crippen LogP contribution in [0.15, 0.2) is 33.6 Å². The van der Waals surface area contributed by atoms with Crippen LogP contribution in [0.3, 0.4) is 0 Å². The molecule has 0 spiro atoms. The summed E-state index contributed by atoms with van der Waals surface area (Å²) in [5.41, 5.74) is 0.549. The predicted molar refractivity (Wildman–Crippen MR) is 61.1 cm³/mol. The number of rotatable bonds is 2. The van der Waals surface area contributed by atoms with E-state index in [9.17, 15) is 4.79 Å². The average Bonchev–Trinajstić information content (AvgIpc) is 2.64. The number of amides is 1. The number of carbonyl (C=O) groups excluding carboxylic acids is 1. The Bertz CT molecular complexity index is 524. The molecule has 2 rings (SSSR count). The second kappa shape index (κ2) is 4.44. The Balaban J connectivity index is 2.17. The number of nitrogens with zero attached hydrogens (tertiary/aromatic N) is 2. The van der Waals surface area contributed by atoms with Gasteiger partial charge >= 0.3 is 0 Å². The molecule has 0 aliphatic heterocycles. The van der Waals surface area contributed by atoms with Crippen molar-refractivity contribution in [2.75, 3.05) is 5.32 Å². The molecule has 16 heavy (non-hydrogen) atoms. The van der Waals surface area contributed by atoms with Crippen LogP contribution in [-0.2, 0) is 0 Å². The smallest absolute Gasteiger partial charge is 0.294 e. The fourth-order valence-electron chi connectivity index (χ4n) is 1.17. The van der Waals surface area contributed by atoms with Crippen molar-refractivity contribution in [3.8, 4) is 0 Å². The Labute approximate surface area is 100 Å². The van der Waals surface area contributed by atoms with Crippen LogP contribution < -0.4 is 5.32 Å². The van der Waals surface area contributed by atoms with E-state index in [1.807, 2.05) is 0 Å². The summed E-state index contributed by atoms with van der Waals surface area (Å²) in [6.45, 7) is 1.70. The minimum absolute atomic E-state index is 0.196. The summed E-state index contributed by atoms with van der Waals surface area (Å²) in [4.78, 5) is 19.6. The molecule has 0 atom stereocenters. The minimum atomic E-state index is -0.361. The second-order valence-electron chi connectivity index (χ2n) is 3.07. The molecule has 0 fully saturated rings. The normalized spacial score (nSPS) is 10.1. The van der Waals surface area contributed by atoms with E-state index in [4.69, 9.17) is 4.42 Å². The molecule has 1 N–H and O–H groups in total. The summed E-state index contributed by atoms with van der Waals surface area (Å²) >= 11 is 3.22. The molecule has 0 aromatic carbocycles. The summed E-state index contributed by atoms with van der Waals surface area (Å²) in [6, 6.07) is 5.24. The lowest BCUT2D eigenvalue weighted by atomic mass is 10.3. The SMILES string of the molecule is Cc1ncoc1C(=O)Nc1cccc(Br)n1. The Morgan fingerprint density at radius 3 is 2.94 bits per heavy atom. The van der Waals surface area contributed by atoms with Gasteiger partial charge in [0.15, 0.2) is 6.39 Å². The van der Waals surface area contributed by atoms with E-state index in [1.54, 1.807) is 25.1 Å². The summed E-state index contributed by atoms with van der Waals surface area (Å²) in [6.07, 6.45) is 1.23. The molecule has 82 valence electrons. The molecule has 1 amide bonds. The molecule has 0 unspecified atom stereocenters. The van der Waals surface area contributed by atoms with Crippen LogP contribution in [0.4, 0.5) is 5.82 Å². The van der Waals surface area contributed by atoms with Gasteiger partial charge in [0.1, 0.15) is 10.4 Å². The fraction of sp³-hybridized carbons (Fsp3) is 0.100. The first kappa shape index (κ1) is 10.8. The molecule has 0 saturated heterocycles. The van der Waals surface area contributed by atoms with Crippen LogP contribution in [0.25, 0.3) is 0 Å². The lowest BCUT2D eigenvalue weighted by molar-refractivity contribution is 0.0995. The quantitative estimate of drug-likeness (QED) is 0.859. The Kier molecular flexibility index (Phi) is 3.00. The third-order valence-electron chi connectivity index (χ3n) is 1.91. The van der Waals surface area contributed by atoms with Gasteiger partial charge in [0.25, 0.3) is 5.91 Å². The van der Waals surface area contributed by atoms with Gasteiger partial charge in [-0.15, -0.1) is 0 Å². The number of oxazole rings is 1. The van der Waals surface area contributed by atoms with E-state index in [-0.39, 0.29) is 11.7 Å². The molecular formula is C10H8BrN3O2. The zero-order valence-corrected chi connectivity index (χ0v) is 9.98. The lowest BCUT2D eigenvalue weighted by Crippen LogP contribution is -2.13. The number of pyridine rings is 1. The molecule has 2 aromatic heterocycles.